The van der Waals surface area contributed by atoms with E-state index in [0.29, 0.717) is 5.70 Å². The molecule has 0 aromatic heterocycles. The highest BCUT2D eigenvalue weighted by molar-refractivity contribution is 8.38. The van der Waals surface area contributed by atoms with Crippen molar-refractivity contribution in [1.29, 1.82) is 10.5 Å². The number of nitriles is 2. The number of aliphatic imine (C=N–C) groups is 1. The summed E-state index contributed by atoms with van der Waals surface area (Å²) in [6, 6.07) is 13.2. The zero-order valence-electron chi connectivity index (χ0n) is 11.5. The molecule has 20 heavy (non-hydrogen) atoms. The summed E-state index contributed by atoms with van der Waals surface area (Å²) in [5.74, 6) is 1.81. The minimum Gasteiger partial charge on any atom is -0.232 e. The number of allylic oxidation sites excluding steroid dienone is 1. The maximum atomic E-state index is 9.12. The van der Waals surface area contributed by atoms with Crippen LogP contribution in [0.2, 0.25) is 0 Å². The van der Waals surface area contributed by atoms with Gasteiger partial charge in [-0.05, 0) is 11.5 Å². The van der Waals surface area contributed by atoms with Crippen molar-refractivity contribution in [1.82, 2.24) is 0 Å². The van der Waals surface area contributed by atoms with E-state index in [2.05, 4.69) is 18.8 Å². The molecule has 0 aliphatic carbocycles. The number of thioether (sulfide) groups is 2. The quantitative estimate of drug-likeness (QED) is 0.472. The molecule has 0 aliphatic heterocycles. The van der Waals surface area contributed by atoms with Crippen LogP contribution in [0.3, 0.4) is 0 Å². The fraction of sp³-hybridized carbons (Fsp3) is 0.267. The molecule has 3 nitrogen and oxygen atoms in total. The second-order valence-corrected chi connectivity index (χ2v) is 6.32. The van der Waals surface area contributed by atoms with Gasteiger partial charge in [-0.2, -0.15) is 10.5 Å². The molecule has 0 fully saturated rings. The third-order valence-electron chi connectivity index (χ3n) is 2.25. The van der Waals surface area contributed by atoms with Crippen LogP contribution < -0.4 is 0 Å². The molecule has 0 saturated carbocycles. The number of benzene rings is 1. The summed E-state index contributed by atoms with van der Waals surface area (Å²) < 4.78 is 0.886. The Bertz CT molecular complexity index is 553. The van der Waals surface area contributed by atoms with E-state index in [9.17, 15) is 0 Å². The van der Waals surface area contributed by atoms with E-state index in [1.165, 1.54) is 0 Å². The maximum absolute atomic E-state index is 9.12. The summed E-state index contributed by atoms with van der Waals surface area (Å²) in [6.07, 6.45) is 0. The molecule has 102 valence electrons. The minimum absolute atomic E-state index is 0.0436. The molecule has 0 amide bonds. The molecule has 0 radical (unpaired) electrons. The Balaban J connectivity index is 3.34. The summed E-state index contributed by atoms with van der Waals surface area (Å²) in [5.41, 5.74) is 1.28. The lowest BCUT2D eigenvalue weighted by Crippen LogP contribution is -1.93. The number of hydrogen-bond acceptors (Lipinski definition) is 5. The molecule has 5 heteroatoms. The van der Waals surface area contributed by atoms with Crippen LogP contribution in [-0.4, -0.2) is 15.9 Å². The van der Waals surface area contributed by atoms with Crippen LogP contribution in [0.1, 0.15) is 19.4 Å². The average Bonchev–Trinajstić information content (AvgIpc) is 2.48. The topological polar surface area (TPSA) is 59.9 Å². The second kappa shape index (κ2) is 9.25. The molecule has 0 aliphatic rings. The van der Waals surface area contributed by atoms with E-state index >= 15 is 0 Å². The lowest BCUT2D eigenvalue weighted by atomic mass is 10.1. The minimum atomic E-state index is 0.0436. The van der Waals surface area contributed by atoms with E-state index in [0.717, 1.165) is 21.4 Å². The predicted molar refractivity (Wildman–Crippen MR) is 88.3 cm³/mol. The van der Waals surface area contributed by atoms with Gasteiger partial charge in [-0.3, -0.25) is 0 Å². The van der Waals surface area contributed by atoms with Crippen molar-refractivity contribution in [3.63, 3.8) is 0 Å². The van der Waals surface area contributed by atoms with E-state index < -0.39 is 0 Å². The van der Waals surface area contributed by atoms with Crippen molar-refractivity contribution in [2.75, 3.05) is 11.5 Å². The van der Waals surface area contributed by atoms with Gasteiger partial charge in [-0.25, -0.2) is 4.99 Å². The Hall–Kier alpha value is -1.69. The van der Waals surface area contributed by atoms with E-state index in [1.54, 1.807) is 23.5 Å². The molecule has 0 spiro atoms. The first kappa shape index (κ1) is 16.4. The van der Waals surface area contributed by atoms with Crippen LogP contribution in [0.25, 0.3) is 5.70 Å². The Morgan fingerprint density at radius 3 is 2.05 bits per heavy atom. The smallest absolute Gasteiger partial charge is 0.155 e. The van der Waals surface area contributed by atoms with Gasteiger partial charge >= 0.3 is 0 Å². The summed E-state index contributed by atoms with van der Waals surface area (Å²) in [4.78, 5) is 4.54. The van der Waals surface area contributed by atoms with E-state index in [4.69, 9.17) is 10.5 Å². The van der Waals surface area contributed by atoms with Gasteiger partial charge in [0, 0.05) is 5.56 Å². The predicted octanol–water partition coefficient (Wildman–Crippen LogP) is 4.31. The third-order valence-corrected chi connectivity index (χ3v) is 4.21. The molecule has 0 atom stereocenters. The first-order valence-corrected chi connectivity index (χ1v) is 8.18. The highest BCUT2D eigenvalue weighted by Crippen LogP contribution is 2.25. The first-order chi connectivity index (χ1) is 9.76. The normalized spacial score (nSPS) is 9.20. The SMILES string of the molecule is CCSC(=NC(=C(C#N)C#N)c1ccccc1)SCC. The fourth-order valence-electron chi connectivity index (χ4n) is 1.44. The molecule has 1 rings (SSSR count). The number of hydrogen-bond donors (Lipinski definition) is 0. The summed E-state index contributed by atoms with van der Waals surface area (Å²) in [5, 5.41) is 18.2. The van der Waals surface area contributed by atoms with Gasteiger partial charge in [0.15, 0.2) is 5.57 Å². The first-order valence-electron chi connectivity index (χ1n) is 6.20. The van der Waals surface area contributed by atoms with Crippen molar-refractivity contribution in [2.24, 2.45) is 4.99 Å². The zero-order valence-corrected chi connectivity index (χ0v) is 13.1. The van der Waals surface area contributed by atoms with Gasteiger partial charge in [0.05, 0.1) is 0 Å². The Morgan fingerprint density at radius 2 is 1.60 bits per heavy atom. The molecular weight excluding hydrogens is 286 g/mol. The summed E-state index contributed by atoms with van der Waals surface area (Å²) >= 11 is 3.24. The fourth-order valence-corrected chi connectivity index (χ4v) is 3.28. The largest absolute Gasteiger partial charge is 0.232 e. The molecule has 0 unspecified atom stereocenters. The van der Waals surface area contributed by atoms with E-state index in [-0.39, 0.29) is 5.57 Å². The van der Waals surface area contributed by atoms with Gasteiger partial charge in [0.1, 0.15) is 22.2 Å². The van der Waals surface area contributed by atoms with Crippen LogP contribution in [0, 0.1) is 22.7 Å². The van der Waals surface area contributed by atoms with Crippen molar-refractivity contribution in [3.05, 3.63) is 41.5 Å². The zero-order chi connectivity index (χ0) is 14.8. The molecule has 1 aromatic rings. The van der Waals surface area contributed by atoms with Crippen LogP contribution in [0.15, 0.2) is 40.9 Å². The lowest BCUT2D eigenvalue weighted by molar-refractivity contribution is 1.42. The second-order valence-electron chi connectivity index (χ2n) is 3.56. The highest BCUT2D eigenvalue weighted by Gasteiger charge is 2.10. The molecule has 1 aromatic carbocycles. The monoisotopic (exact) mass is 301 g/mol. The van der Waals surface area contributed by atoms with Gasteiger partial charge < -0.3 is 0 Å². The molecular formula is C15H15N3S2. The average molecular weight is 301 g/mol. The van der Waals surface area contributed by atoms with Crippen molar-refractivity contribution < 1.29 is 0 Å². The van der Waals surface area contributed by atoms with Crippen molar-refractivity contribution in [3.8, 4) is 12.1 Å². The summed E-state index contributed by atoms with van der Waals surface area (Å²) in [6.45, 7) is 4.11. The molecule has 0 bridgehead atoms. The van der Waals surface area contributed by atoms with Gasteiger partial charge in [0.25, 0.3) is 0 Å². The van der Waals surface area contributed by atoms with Gasteiger partial charge in [0.2, 0.25) is 0 Å². The van der Waals surface area contributed by atoms with Crippen LogP contribution in [0.5, 0.6) is 0 Å². The van der Waals surface area contributed by atoms with Crippen LogP contribution >= 0.6 is 23.5 Å². The molecule has 0 N–H and O–H groups in total. The molecule has 0 heterocycles. The van der Waals surface area contributed by atoms with Gasteiger partial charge in [-0.1, -0.05) is 67.7 Å². The highest BCUT2D eigenvalue weighted by atomic mass is 32.2. The maximum Gasteiger partial charge on any atom is 0.155 e. The summed E-state index contributed by atoms with van der Waals surface area (Å²) in [7, 11) is 0. The number of nitrogens with zero attached hydrogens (tertiary/aromatic N) is 3. The lowest BCUT2D eigenvalue weighted by Gasteiger charge is -2.06. The molecule has 0 saturated heterocycles. The number of rotatable bonds is 4. The standard InChI is InChI=1S/C15H15N3S2/c1-3-19-15(20-4-2)18-14(13(10-16)11-17)12-8-6-5-7-9-12/h5-9H,3-4H2,1-2H3. The third kappa shape index (κ3) is 4.77. The Kier molecular flexibility index (Phi) is 7.57. The Labute approximate surface area is 128 Å². The van der Waals surface area contributed by atoms with Gasteiger partial charge in [-0.15, -0.1) is 0 Å². The van der Waals surface area contributed by atoms with Crippen molar-refractivity contribution >= 4 is 33.6 Å². The van der Waals surface area contributed by atoms with Crippen LogP contribution in [0.4, 0.5) is 0 Å². The van der Waals surface area contributed by atoms with E-state index in [1.807, 2.05) is 42.5 Å². The van der Waals surface area contributed by atoms with Crippen LogP contribution in [-0.2, 0) is 0 Å². The van der Waals surface area contributed by atoms with Crippen molar-refractivity contribution in [2.45, 2.75) is 13.8 Å². The Morgan fingerprint density at radius 1 is 1.05 bits per heavy atom.